The molecule has 0 aliphatic heterocycles. The standard InChI is InChI=1S/C15H25NO/c1-11(2)16-10-12(3)13(4)14-6-8-15(17-5)9-7-14/h6-9,11-13,16H,10H2,1-5H3. The Morgan fingerprint density at radius 3 is 2.12 bits per heavy atom. The highest BCUT2D eigenvalue weighted by Gasteiger charge is 2.14. The van der Waals surface area contributed by atoms with Crippen molar-refractivity contribution in [3.8, 4) is 5.75 Å². The van der Waals surface area contributed by atoms with Gasteiger partial charge in [0.05, 0.1) is 7.11 Å². The van der Waals surface area contributed by atoms with Crippen molar-refractivity contribution in [1.82, 2.24) is 5.32 Å². The maximum Gasteiger partial charge on any atom is 0.118 e. The fourth-order valence-corrected chi connectivity index (χ4v) is 1.83. The number of hydrogen-bond acceptors (Lipinski definition) is 2. The van der Waals surface area contributed by atoms with Crippen LogP contribution in [0.2, 0.25) is 0 Å². The van der Waals surface area contributed by atoms with Gasteiger partial charge in [-0.1, -0.05) is 39.8 Å². The first-order chi connectivity index (χ1) is 8.04. The molecule has 96 valence electrons. The third kappa shape index (κ3) is 4.39. The van der Waals surface area contributed by atoms with Crippen LogP contribution >= 0.6 is 0 Å². The Balaban J connectivity index is 2.58. The van der Waals surface area contributed by atoms with Crippen molar-refractivity contribution in [1.29, 1.82) is 0 Å². The van der Waals surface area contributed by atoms with Crippen LogP contribution in [0.4, 0.5) is 0 Å². The average Bonchev–Trinajstić information content (AvgIpc) is 2.35. The number of hydrogen-bond donors (Lipinski definition) is 1. The Labute approximate surface area is 105 Å². The molecule has 0 aliphatic carbocycles. The van der Waals surface area contributed by atoms with Crippen LogP contribution < -0.4 is 10.1 Å². The molecule has 2 nitrogen and oxygen atoms in total. The van der Waals surface area contributed by atoms with Crippen LogP contribution in [-0.4, -0.2) is 19.7 Å². The molecule has 2 unspecified atom stereocenters. The van der Waals surface area contributed by atoms with E-state index in [0.717, 1.165) is 12.3 Å². The first-order valence-electron chi connectivity index (χ1n) is 6.42. The molecule has 0 heterocycles. The maximum atomic E-state index is 5.18. The van der Waals surface area contributed by atoms with E-state index in [1.165, 1.54) is 5.56 Å². The minimum atomic E-state index is 0.556. The third-order valence-electron chi connectivity index (χ3n) is 3.34. The minimum Gasteiger partial charge on any atom is -0.497 e. The van der Waals surface area contributed by atoms with Crippen molar-refractivity contribution in [2.24, 2.45) is 5.92 Å². The lowest BCUT2D eigenvalue weighted by Gasteiger charge is -2.22. The van der Waals surface area contributed by atoms with Crippen molar-refractivity contribution in [3.05, 3.63) is 29.8 Å². The predicted molar refractivity (Wildman–Crippen MR) is 73.7 cm³/mol. The van der Waals surface area contributed by atoms with Crippen LogP contribution in [0.5, 0.6) is 5.75 Å². The van der Waals surface area contributed by atoms with Gasteiger partial charge in [0.1, 0.15) is 5.75 Å². The molecule has 0 aliphatic rings. The quantitative estimate of drug-likeness (QED) is 0.815. The van der Waals surface area contributed by atoms with Crippen molar-refractivity contribution < 1.29 is 4.74 Å². The van der Waals surface area contributed by atoms with E-state index in [2.05, 4.69) is 45.1 Å². The molecule has 0 saturated carbocycles. The van der Waals surface area contributed by atoms with Crippen LogP contribution in [0.15, 0.2) is 24.3 Å². The van der Waals surface area contributed by atoms with Gasteiger partial charge < -0.3 is 10.1 Å². The van der Waals surface area contributed by atoms with Gasteiger partial charge >= 0.3 is 0 Å². The summed E-state index contributed by atoms with van der Waals surface area (Å²) in [6.45, 7) is 10.0. The maximum absolute atomic E-state index is 5.18. The van der Waals surface area contributed by atoms with Crippen molar-refractivity contribution in [2.45, 2.75) is 39.7 Å². The van der Waals surface area contributed by atoms with Crippen LogP contribution in [0.1, 0.15) is 39.2 Å². The molecule has 0 fully saturated rings. The molecule has 1 N–H and O–H groups in total. The van der Waals surface area contributed by atoms with Gasteiger partial charge in [-0.25, -0.2) is 0 Å². The Morgan fingerprint density at radius 1 is 1.06 bits per heavy atom. The van der Waals surface area contributed by atoms with Gasteiger partial charge in [-0.15, -0.1) is 0 Å². The second kappa shape index (κ2) is 6.65. The van der Waals surface area contributed by atoms with Gasteiger partial charge in [0.2, 0.25) is 0 Å². The Bertz CT molecular complexity index is 318. The van der Waals surface area contributed by atoms with E-state index in [4.69, 9.17) is 4.74 Å². The Hall–Kier alpha value is -1.02. The summed E-state index contributed by atoms with van der Waals surface area (Å²) >= 11 is 0. The molecule has 1 rings (SSSR count). The molecular formula is C15H25NO. The zero-order valence-electron chi connectivity index (χ0n) is 11.7. The predicted octanol–water partition coefficient (Wildman–Crippen LogP) is 3.43. The van der Waals surface area contributed by atoms with E-state index in [0.29, 0.717) is 17.9 Å². The van der Waals surface area contributed by atoms with Crippen molar-refractivity contribution in [2.75, 3.05) is 13.7 Å². The average molecular weight is 235 g/mol. The molecule has 0 spiro atoms. The molecule has 0 bridgehead atoms. The lowest BCUT2D eigenvalue weighted by Crippen LogP contribution is -2.29. The van der Waals surface area contributed by atoms with Gasteiger partial charge in [0.15, 0.2) is 0 Å². The molecule has 1 aromatic carbocycles. The van der Waals surface area contributed by atoms with Gasteiger partial charge in [-0.3, -0.25) is 0 Å². The van der Waals surface area contributed by atoms with Gasteiger partial charge in [-0.2, -0.15) is 0 Å². The number of ether oxygens (including phenoxy) is 1. The molecule has 0 aromatic heterocycles. The first kappa shape index (κ1) is 14.0. The van der Waals surface area contributed by atoms with E-state index >= 15 is 0 Å². The summed E-state index contributed by atoms with van der Waals surface area (Å²) in [4.78, 5) is 0. The molecule has 2 heteroatoms. The van der Waals surface area contributed by atoms with Crippen molar-refractivity contribution >= 4 is 0 Å². The van der Waals surface area contributed by atoms with Crippen molar-refractivity contribution in [3.63, 3.8) is 0 Å². The number of rotatable bonds is 6. The highest BCUT2D eigenvalue weighted by Crippen LogP contribution is 2.25. The summed E-state index contributed by atoms with van der Waals surface area (Å²) in [7, 11) is 1.70. The van der Waals surface area contributed by atoms with E-state index in [1.54, 1.807) is 7.11 Å². The molecule has 0 amide bonds. The van der Waals surface area contributed by atoms with Crippen LogP contribution in [0, 0.1) is 5.92 Å². The Kier molecular flexibility index (Phi) is 5.49. The zero-order chi connectivity index (χ0) is 12.8. The summed E-state index contributed by atoms with van der Waals surface area (Å²) in [6.07, 6.45) is 0. The zero-order valence-corrected chi connectivity index (χ0v) is 11.7. The highest BCUT2D eigenvalue weighted by atomic mass is 16.5. The van der Waals surface area contributed by atoms with Crippen LogP contribution in [0.25, 0.3) is 0 Å². The minimum absolute atomic E-state index is 0.556. The molecule has 2 atom stereocenters. The summed E-state index contributed by atoms with van der Waals surface area (Å²) in [5.41, 5.74) is 1.38. The highest BCUT2D eigenvalue weighted by molar-refractivity contribution is 5.29. The second-order valence-corrected chi connectivity index (χ2v) is 5.10. The molecule has 17 heavy (non-hydrogen) atoms. The fraction of sp³-hybridized carbons (Fsp3) is 0.600. The molecule has 1 aromatic rings. The van der Waals surface area contributed by atoms with Crippen LogP contribution in [0.3, 0.4) is 0 Å². The lowest BCUT2D eigenvalue weighted by molar-refractivity contribution is 0.412. The topological polar surface area (TPSA) is 21.3 Å². The van der Waals surface area contributed by atoms with Gasteiger partial charge in [0, 0.05) is 6.04 Å². The molecular weight excluding hydrogens is 210 g/mol. The number of nitrogens with one attached hydrogen (secondary N) is 1. The number of benzene rings is 1. The third-order valence-corrected chi connectivity index (χ3v) is 3.34. The monoisotopic (exact) mass is 235 g/mol. The summed E-state index contributed by atoms with van der Waals surface area (Å²) in [6, 6.07) is 8.95. The summed E-state index contributed by atoms with van der Waals surface area (Å²) in [5.74, 6) is 2.12. The normalized spacial score (nSPS) is 14.7. The smallest absolute Gasteiger partial charge is 0.118 e. The fourth-order valence-electron chi connectivity index (χ4n) is 1.83. The largest absolute Gasteiger partial charge is 0.497 e. The van der Waals surface area contributed by atoms with E-state index in [1.807, 2.05) is 12.1 Å². The van der Waals surface area contributed by atoms with E-state index < -0.39 is 0 Å². The number of methoxy groups -OCH3 is 1. The van der Waals surface area contributed by atoms with Gasteiger partial charge in [0.25, 0.3) is 0 Å². The SMILES string of the molecule is COc1ccc(C(C)C(C)CNC(C)C)cc1. The second-order valence-electron chi connectivity index (χ2n) is 5.10. The molecule has 0 saturated heterocycles. The first-order valence-corrected chi connectivity index (χ1v) is 6.42. The van der Waals surface area contributed by atoms with Gasteiger partial charge in [-0.05, 0) is 36.1 Å². The van der Waals surface area contributed by atoms with E-state index in [9.17, 15) is 0 Å². The summed E-state index contributed by atoms with van der Waals surface area (Å²) in [5, 5.41) is 3.49. The summed E-state index contributed by atoms with van der Waals surface area (Å²) < 4.78 is 5.18. The molecule has 0 radical (unpaired) electrons. The van der Waals surface area contributed by atoms with E-state index in [-0.39, 0.29) is 0 Å². The Morgan fingerprint density at radius 2 is 1.65 bits per heavy atom. The van der Waals surface area contributed by atoms with Crippen LogP contribution in [-0.2, 0) is 0 Å². The lowest BCUT2D eigenvalue weighted by atomic mass is 9.89.